The Kier molecular flexibility index (Phi) is 6.73. The van der Waals surface area contributed by atoms with Crippen LogP contribution in [0.1, 0.15) is 43.0 Å². The number of aryl methyl sites for hydroxylation is 1. The van der Waals surface area contributed by atoms with E-state index in [4.69, 9.17) is 4.74 Å². The van der Waals surface area contributed by atoms with Crippen LogP contribution in [0.25, 0.3) is 21.8 Å². The maximum absolute atomic E-state index is 13.4. The predicted molar refractivity (Wildman–Crippen MR) is 143 cm³/mol. The number of anilines is 1. The normalized spacial score (nSPS) is 15.2. The molecule has 2 heterocycles. The number of benzene rings is 3. The third-order valence-electron chi connectivity index (χ3n) is 6.96. The summed E-state index contributed by atoms with van der Waals surface area (Å²) < 4.78 is 35.8. The third kappa shape index (κ3) is 4.35. The maximum atomic E-state index is 13.4. The summed E-state index contributed by atoms with van der Waals surface area (Å²) >= 11 is 0. The number of para-hydroxylation sites is 1. The van der Waals surface area contributed by atoms with Gasteiger partial charge in [0.2, 0.25) is 10.0 Å². The monoisotopic (exact) mass is 505 g/mol. The first-order chi connectivity index (χ1) is 17.4. The van der Waals surface area contributed by atoms with Crippen molar-refractivity contribution in [3.05, 3.63) is 66.2 Å². The van der Waals surface area contributed by atoms with E-state index in [1.54, 1.807) is 6.07 Å². The molecule has 1 N–H and O–H groups in total. The molecule has 0 radical (unpaired) electrons. The topological polar surface area (TPSA) is 80.6 Å². The third-order valence-corrected chi connectivity index (χ3v) is 8.86. The standard InChI is InChI=1S/C28H31N3O4S/c1-3-31-25-11-7-6-10-22(25)23-18-20(12-14-26(23)31)29-28(32)24-19-21(13-15-27(24)35-2)36(33,34)30-16-8-4-5-9-17-30/h6-7,10-15,18-19H,3-5,8-9,16-17H2,1-2H3,(H,29,32). The number of amides is 1. The number of carbonyl (C=O) groups is 1. The predicted octanol–water partition coefficient (Wildman–Crippen LogP) is 5.64. The van der Waals surface area contributed by atoms with Gasteiger partial charge in [-0.15, -0.1) is 0 Å². The molecule has 0 saturated carbocycles. The highest BCUT2D eigenvalue weighted by Crippen LogP contribution is 2.32. The second-order valence-electron chi connectivity index (χ2n) is 9.13. The Bertz CT molecular complexity index is 1530. The highest BCUT2D eigenvalue weighted by Gasteiger charge is 2.27. The Morgan fingerprint density at radius 1 is 0.917 bits per heavy atom. The van der Waals surface area contributed by atoms with Gasteiger partial charge in [-0.1, -0.05) is 31.0 Å². The fraction of sp³-hybridized carbons (Fsp3) is 0.321. The van der Waals surface area contributed by atoms with Crippen LogP contribution >= 0.6 is 0 Å². The maximum Gasteiger partial charge on any atom is 0.259 e. The van der Waals surface area contributed by atoms with E-state index in [0.717, 1.165) is 54.0 Å². The summed E-state index contributed by atoms with van der Waals surface area (Å²) in [6.45, 7) is 3.95. The van der Waals surface area contributed by atoms with Gasteiger partial charge in [0.25, 0.3) is 5.91 Å². The Labute approximate surface area is 211 Å². The van der Waals surface area contributed by atoms with E-state index in [0.29, 0.717) is 24.5 Å². The van der Waals surface area contributed by atoms with Crippen LogP contribution in [-0.4, -0.2) is 43.4 Å². The van der Waals surface area contributed by atoms with Crippen molar-refractivity contribution in [1.29, 1.82) is 0 Å². The minimum absolute atomic E-state index is 0.108. The lowest BCUT2D eigenvalue weighted by atomic mass is 10.1. The largest absolute Gasteiger partial charge is 0.496 e. The molecule has 4 aromatic rings. The smallest absolute Gasteiger partial charge is 0.259 e. The zero-order chi connectivity index (χ0) is 25.3. The molecule has 1 fully saturated rings. The number of carbonyl (C=O) groups excluding carboxylic acids is 1. The van der Waals surface area contributed by atoms with Crippen molar-refractivity contribution in [1.82, 2.24) is 8.87 Å². The van der Waals surface area contributed by atoms with Crippen LogP contribution < -0.4 is 10.1 Å². The lowest BCUT2D eigenvalue weighted by molar-refractivity contribution is 0.102. The van der Waals surface area contributed by atoms with Gasteiger partial charge in [-0.05, 0) is 62.2 Å². The Morgan fingerprint density at radius 2 is 1.64 bits per heavy atom. The van der Waals surface area contributed by atoms with E-state index in [1.807, 2.05) is 30.3 Å². The number of ether oxygens (including phenoxy) is 1. The summed E-state index contributed by atoms with van der Waals surface area (Å²) in [4.78, 5) is 13.5. The van der Waals surface area contributed by atoms with Gasteiger partial charge in [0.15, 0.2) is 0 Å². The van der Waals surface area contributed by atoms with Crippen LogP contribution in [0.4, 0.5) is 5.69 Å². The first-order valence-corrected chi connectivity index (χ1v) is 13.9. The molecule has 7 nitrogen and oxygen atoms in total. The van der Waals surface area contributed by atoms with Gasteiger partial charge in [0.1, 0.15) is 5.75 Å². The summed E-state index contributed by atoms with van der Waals surface area (Å²) in [6, 6.07) is 18.5. The van der Waals surface area contributed by atoms with E-state index in [2.05, 4.69) is 28.9 Å². The second-order valence-corrected chi connectivity index (χ2v) is 11.1. The quantitative estimate of drug-likeness (QED) is 0.368. The molecule has 1 saturated heterocycles. The van der Waals surface area contributed by atoms with E-state index in [-0.39, 0.29) is 10.5 Å². The van der Waals surface area contributed by atoms with Crippen LogP contribution in [0.5, 0.6) is 5.75 Å². The number of nitrogens with zero attached hydrogens (tertiary/aromatic N) is 2. The average molecular weight is 506 g/mol. The van der Waals surface area contributed by atoms with Gasteiger partial charge in [-0.3, -0.25) is 4.79 Å². The van der Waals surface area contributed by atoms with E-state index >= 15 is 0 Å². The molecule has 0 aliphatic carbocycles. The first-order valence-electron chi connectivity index (χ1n) is 12.4. The minimum Gasteiger partial charge on any atom is -0.496 e. The molecular formula is C28H31N3O4S. The number of hydrogen-bond donors (Lipinski definition) is 1. The van der Waals surface area contributed by atoms with E-state index in [1.165, 1.54) is 23.5 Å². The number of hydrogen-bond acceptors (Lipinski definition) is 4. The molecule has 1 aromatic heterocycles. The summed E-state index contributed by atoms with van der Waals surface area (Å²) in [5.74, 6) is -0.0932. The van der Waals surface area contributed by atoms with Crippen molar-refractivity contribution < 1.29 is 17.9 Å². The molecule has 36 heavy (non-hydrogen) atoms. The van der Waals surface area contributed by atoms with Crippen molar-refractivity contribution in [3.8, 4) is 5.75 Å². The van der Waals surface area contributed by atoms with Crippen molar-refractivity contribution >= 4 is 43.4 Å². The van der Waals surface area contributed by atoms with Gasteiger partial charge in [-0.2, -0.15) is 4.31 Å². The molecule has 0 bridgehead atoms. The van der Waals surface area contributed by atoms with Crippen molar-refractivity contribution in [2.24, 2.45) is 0 Å². The van der Waals surface area contributed by atoms with Crippen LogP contribution in [-0.2, 0) is 16.6 Å². The highest BCUT2D eigenvalue weighted by molar-refractivity contribution is 7.89. The number of aromatic nitrogens is 1. The Hall–Kier alpha value is -3.36. The van der Waals surface area contributed by atoms with Crippen LogP contribution in [0.15, 0.2) is 65.6 Å². The molecule has 5 rings (SSSR count). The Balaban J connectivity index is 1.49. The van der Waals surface area contributed by atoms with Crippen LogP contribution in [0, 0.1) is 0 Å². The first kappa shape index (κ1) is 24.3. The van der Waals surface area contributed by atoms with Gasteiger partial charge in [-0.25, -0.2) is 8.42 Å². The highest BCUT2D eigenvalue weighted by atomic mass is 32.2. The number of sulfonamides is 1. The lowest BCUT2D eigenvalue weighted by Crippen LogP contribution is -2.32. The van der Waals surface area contributed by atoms with Crippen molar-refractivity contribution in [2.45, 2.75) is 44.0 Å². The number of rotatable bonds is 6. The summed E-state index contributed by atoms with van der Waals surface area (Å²) in [6.07, 6.45) is 3.76. The fourth-order valence-corrected chi connectivity index (χ4v) is 6.67. The van der Waals surface area contributed by atoms with E-state index in [9.17, 15) is 13.2 Å². The average Bonchev–Trinajstić information content (AvgIpc) is 3.03. The summed E-state index contributed by atoms with van der Waals surface area (Å²) in [5, 5.41) is 5.12. The van der Waals surface area contributed by atoms with Crippen molar-refractivity contribution in [2.75, 3.05) is 25.5 Å². The van der Waals surface area contributed by atoms with Crippen LogP contribution in [0.3, 0.4) is 0 Å². The SMILES string of the molecule is CCn1c2ccccc2c2cc(NC(=O)c3cc(S(=O)(=O)N4CCCCCC4)ccc3OC)ccc21. The molecule has 0 spiro atoms. The van der Waals surface area contributed by atoms with Crippen molar-refractivity contribution in [3.63, 3.8) is 0 Å². The van der Waals surface area contributed by atoms with E-state index < -0.39 is 15.9 Å². The second kappa shape index (κ2) is 9.95. The molecule has 1 aliphatic rings. The van der Waals surface area contributed by atoms with Gasteiger partial charge in [0, 0.05) is 47.1 Å². The van der Waals surface area contributed by atoms with Gasteiger partial charge in [0.05, 0.1) is 17.6 Å². The number of methoxy groups -OCH3 is 1. The number of fused-ring (bicyclic) bond motifs is 3. The minimum atomic E-state index is -3.70. The summed E-state index contributed by atoms with van der Waals surface area (Å²) in [5.41, 5.74) is 3.06. The molecular weight excluding hydrogens is 474 g/mol. The molecule has 0 unspecified atom stereocenters. The molecule has 3 aromatic carbocycles. The van der Waals surface area contributed by atoms with Crippen LogP contribution in [0.2, 0.25) is 0 Å². The Morgan fingerprint density at radius 3 is 2.36 bits per heavy atom. The molecule has 1 amide bonds. The zero-order valence-corrected chi connectivity index (χ0v) is 21.5. The molecule has 1 aliphatic heterocycles. The molecule has 188 valence electrons. The number of nitrogens with one attached hydrogen (secondary N) is 1. The lowest BCUT2D eigenvalue weighted by Gasteiger charge is -2.20. The van der Waals surface area contributed by atoms with Gasteiger partial charge >= 0.3 is 0 Å². The summed E-state index contributed by atoms with van der Waals surface area (Å²) in [7, 11) is -2.22. The molecule has 8 heteroatoms. The fourth-order valence-electron chi connectivity index (χ4n) is 5.13. The zero-order valence-electron chi connectivity index (χ0n) is 20.7. The van der Waals surface area contributed by atoms with Gasteiger partial charge < -0.3 is 14.6 Å². The molecule has 0 atom stereocenters.